The Balaban J connectivity index is 1.23. The zero-order valence-corrected chi connectivity index (χ0v) is 22.1. The number of hydroxylamine groups is 1. The molecule has 2 aromatic carbocycles. The van der Waals surface area contributed by atoms with Crippen LogP contribution in [0.1, 0.15) is 77.2 Å². The van der Waals surface area contributed by atoms with Crippen LogP contribution in [0.15, 0.2) is 49.0 Å². The van der Waals surface area contributed by atoms with E-state index in [1.807, 2.05) is 18.2 Å². The van der Waals surface area contributed by atoms with Gasteiger partial charge in [0.05, 0.1) is 32.1 Å². The molecule has 3 rings (SSSR count). The molecule has 1 heterocycles. The van der Waals surface area contributed by atoms with Crippen molar-refractivity contribution in [3.05, 3.63) is 54.6 Å². The van der Waals surface area contributed by atoms with E-state index in [1.165, 1.54) is 36.5 Å². The minimum Gasteiger partial charge on any atom is -0.462 e. The van der Waals surface area contributed by atoms with Crippen molar-refractivity contribution in [1.82, 2.24) is 5.48 Å². The van der Waals surface area contributed by atoms with Gasteiger partial charge >= 0.3 is 5.97 Å². The van der Waals surface area contributed by atoms with Crippen LogP contribution in [0.2, 0.25) is 0 Å². The van der Waals surface area contributed by atoms with E-state index in [4.69, 9.17) is 19.0 Å². The molecule has 6 nitrogen and oxygen atoms in total. The topological polar surface area (TPSA) is 66.0 Å². The summed E-state index contributed by atoms with van der Waals surface area (Å²) < 4.78 is 17.0. The molecular weight excluding hydrogens is 454 g/mol. The van der Waals surface area contributed by atoms with Crippen molar-refractivity contribution in [3.63, 3.8) is 0 Å². The summed E-state index contributed by atoms with van der Waals surface area (Å²) in [6, 6.07) is 14.5. The average Bonchev–Trinajstić information content (AvgIpc) is 2.90. The molecule has 0 spiro atoms. The highest BCUT2D eigenvalue weighted by Crippen LogP contribution is 2.26. The van der Waals surface area contributed by atoms with Crippen molar-refractivity contribution < 1.29 is 23.8 Å². The Hall–Kier alpha value is -2.41. The smallest absolute Gasteiger partial charge is 0.366 e. The van der Waals surface area contributed by atoms with Crippen molar-refractivity contribution in [3.8, 4) is 0 Å². The Morgan fingerprint density at radius 2 is 1.67 bits per heavy atom. The number of esters is 1. The molecule has 0 bridgehead atoms. The maximum atomic E-state index is 12.4. The van der Waals surface area contributed by atoms with Gasteiger partial charge in [-0.1, -0.05) is 88.4 Å². The second-order valence-electron chi connectivity index (χ2n) is 9.82. The minimum atomic E-state index is -1.28. The molecule has 0 aliphatic carbocycles. The summed E-state index contributed by atoms with van der Waals surface area (Å²) in [5.74, 6) is -1.43. The second kappa shape index (κ2) is 15.0. The number of carbonyl (C=O) groups excluding carboxylic acids is 1. The van der Waals surface area contributed by atoms with E-state index in [9.17, 15) is 4.79 Å². The molecular formula is C30H43NO5. The summed E-state index contributed by atoms with van der Waals surface area (Å²) in [4.78, 5) is 18.0. The Labute approximate surface area is 216 Å². The van der Waals surface area contributed by atoms with E-state index in [-0.39, 0.29) is 5.92 Å². The molecule has 0 amide bonds. The number of hydrogen-bond donors (Lipinski definition) is 1. The van der Waals surface area contributed by atoms with Gasteiger partial charge in [0.25, 0.3) is 5.79 Å². The molecule has 0 aromatic heterocycles. The first-order valence-corrected chi connectivity index (χ1v) is 13.5. The van der Waals surface area contributed by atoms with E-state index in [0.717, 1.165) is 43.4 Å². The van der Waals surface area contributed by atoms with E-state index >= 15 is 0 Å². The van der Waals surface area contributed by atoms with Crippen molar-refractivity contribution in [2.75, 3.05) is 26.4 Å². The zero-order valence-electron chi connectivity index (χ0n) is 22.1. The van der Waals surface area contributed by atoms with Crippen molar-refractivity contribution in [2.24, 2.45) is 5.92 Å². The summed E-state index contributed by atoms with van der Waals surface area (Å²) in [6.45, 7) is 9.96. The monoisotopic (exact) mass is 497 g/mol. The molecule has 2 aromatic rings. The van der Waals surface area contributed by atoms with Crippen LogP contribution in [-0.2, 0) is 23.8 Å². The molecule has 0 atom stereocenters. The van der Waals surface area contributed by atoms with Crippen LogP contribution in [0.5, 0.6) is 0 Å². The lowest BCUT2D eigenvalue weighted by atomic mass is 10.0. The molecule has 1 saturated heterocycles. The van der Waals surface area contributed by atoms with Crippen molar-refractivity contribution >= 4 is 22.4 Å². The maximum Gasteiger partial charge on any atom is 0.366 e. The molecule has 198 valence electrons. The minimum absolute atomic E-state index is 0.268. The van der Waals surface area contributed by atoms with Gasteiger partial charge in [-0.15, -0.1) is 0 Å². The number of ether oxygens (including phenoxy) is 3. The third kappa shape index (κ3) is 8.91. The van der Waals surface area contributed by atoms with Gasteiger partial charge in [-0.2, -0.15) is 0 Å². The molecule has 0 saturated carbocycles. The zero-order chi connectivity index (χ0) is 25.6. The fourth-order valence-corrected chi connectivity index (χ4v) is 4.29. The van der Waals surface area contributed by atoms with Crippen LogP contribution in [0.3, 0.4) is 0 Å². The second-order valence-corrected chi connectivity index (χ2v) is 9.82. The molecule has 1 N–H and O–H groups in total. The lowest BCUT2D eigenvalue weighted by Gasteiger charge is -2.35. The quantitative estimate of drug-likeness (QED) is 0.157. The number of fused-ring (bicyclic) bond motifs is 1. The summed E-state index contributed by atoms with van der Waals surface area (Å²) in [6.07, 6.45) is 9.77. The van der Waals surface area contributed by atoms with E-state index in [2.05, 4.69) is 43.2 Å². The number of hydrogen-bond acceptors (Lipinski definition) is 6. The first kappa shape index (κ1) is 28.2. The normalized spacial score (nSPS) is 19.8. The van der Waals surface area contributed by atoms with Crippen LogP contribution < -0.4 is 5.48 Å². The highest BCUT2D eigenvalue weighted by Gasteiger charge is 2.41. The number of benzene rings is 2. The Kier molecular flexibility index (Phi) is 11.7. The summed E-state index contributed by atoms with van der Waals surface area (Å²) in [5.41, 5.74) is 4.72. The average molecular weight is 498 g/mol. The first-order chi connectivity index (χ1) is 17.5. The summed E-state index contributed by atoms with van der Waals surface area (Å²) >= 11 is 0. The standard InChI is InChI=1S/C30H43NO5/c1-4-5-6-7-8-12-19-33-29(32)30(3)34-22-25(23-35-30)14-11-13-20-36-31-24(2)27-18-17-26-15-9-10-16-28(26)21-27/h9-10,15-18,21,25,31H,2,4-8,11-14,19-20,22-23H2,1,3H3. The molecule has 1 fully saturated rings. The van der Waals surface area contributed by atoms with Gasteiger partial charge in [0.15, 0.2) is 0 Å². The van der Waals surface area contributed by atoms with Crippen LogP contribution in [-0.4, -0.2) is 38.2 Å². The van der Waals surface area contributed by atoms with Crippen LogP contribution in [0.25, 0.3) is 16.5 Å². The lowest BCUT2D eigenvalue weighted by Crippen LogP contribution is -2.48. The fourth-order valence-electron chi connectivity index (χ4n) is 4.29. The lowest BCUT2D eigenvalue weighted by molar-refractivity contribution is -0.274. The number of rotatable bonds is 16. The Morgan fingerprint density at radius 3 is 2.44 bits per heavy atom. The van der Waals surface area contributed by atoms with Gasteiger partial charge in [-0.25, -0.2) is 4.79 Å². The van der Waals surface area contributed by atoms with Crippen molar-refractivity contribution in [2.45, 2.75) is 77.4 Å². The third-order valence-electron chi connectivity index (χ3n) is 6.69. The van der Waals surface area contributed by atoms with Crippen molar-refractivity contribution in [1.29, 1.82) is 0 Å². The molecule has 0 unspecified atom stereocenters. The molecule has 0 radical (unpaired) electrons. The molecule has 1 aliphatic heterocycles. The van der Waals surface area contributed by atoms with Crippen LogP contribution in [0.4, 0.5) is 0 Å². The summed E-state index contributed by atoms with van der Waals surface area (Å²) in [7, 11) is 0. The highest BCUT2D eigenvalue weighted by atomic mass is 16.7. The van der Waals surface area contributed by atoms with Gasteiger partial charge < -0.3 is 14.2 Å². The predicted octanol–water partition coefficient (Wildman–Crippen LogP) is 6.78. The Bertz CT molecular complexity index is 951. The van der Waals surface area contributed by atoms with Crippen LogP contribution in [0, 0.1) is 5.92 Å². The van der Waals surface area contributed by atoms with E-state index < -0.39 is 11.8 Å². The number of carbonyl (C=O) groups is 1. The van der Waals surface area contributed by atoms with Gasteiger partial charge in [0.2, 0.25) is 0 Å². The highest BCUT2D eigenvalue weighted by molar-refractivity contribution is 5.85. The van der Waals surface area contributed by atoms with E-state index in [1.54, 1.807) is 6.92 Å². The number of nitrogens with one attached hydrogen (secondary N) is 1. The van der Waals surface area contributed by atoms with Gasteiger partial charge in [0.1, 0.15) is 0 Å². The van der Waals surface area contributed by atoms with Gasteiger partial charge in [0, 0.05) is 12.8 Å². The number of unbranched alkanes of at least 4 members (excludes halogenated alkanes) is 6. The fraction of sp³-hybridized carbons (Fsp3) is 0.567. The van der Waals surface area contributed by atoms with E-state index in [0.29, 0.717) is 26.4 Å². The maximum absolute atomic E-state index is 12.4. The molecule has 1 aliphatic rings. The van der Waals surface area contributed by atoms with Gasteiger partial charge in [-0.05, 0) is 41.7 Å². The third-order valence-corrected chi connectivity index (χ3v) is 6.69. The predicted molar refractivity (Wildman–Crippen MR) is 144 cm³/mol. The van der Waals surface area contributed by atoms with Gasteiger partial charge in [-0.3, -0.25) is 10.3 Å². The first-order valence-electron chi connectivity index (χ1n) is 13.5. The SMILES string of the molecule is C=C(NOCCCCC1COC(C)(C(=O)OCCCCCCCC)OC1)c1ccc2ccccc2c1. The Morgan fingerprint density at radius 1 is 0.972 bits per heavy atom. The van der Waals surface area contributed by atoms with Crippen LogP contribution >= 0.6 is 0 Å². The summed E-state index contributed by atoms with van der Waals surface area (Å²) in [5, 5.41) is 2.38. The largest absolute Gasteiger partial charge is 0.462 e. The molecule has 6 heteroatoms. The molecule has 36 heavy (non-hydrogen) atoms.